The molecular formula is C9H15NO2. The summed E-state index contributed by atoms with van der Waals surface area (Å²) in [6.07, 6.45) is 4.14. The van der Waals surface area contributed by atoms with Crippen LogP contribution in [0.15, 0.2) is 0 Å². The lowest BCUT2D eigenvalue weighted by atomic mass is 9.92. The Hall–Kier alpha value is -0.570. The summed E-state index contributed by atoms with van der Waals surface area (Å²) >= 11 is 0. The Bertz CT molecular complexity index is 193. The summed E-state index contributed by atoms with van der Waals surface area (Å²) in [5.74, 6) is 0.760. The first-order chi connectivity index (χ1) is 5.77. The largest absolute Gasteiger partial charge is 0.481 e. The third-order valence-electron chi connectivity index (χ3n) is 3.27. The van der Waals surface area contributed by atoms with E-state index in [-0.39, 0.29) is 6.04 Å². The predicted octanol–water partition coefficient (Wildman–Crippen LogP) is 0.849. The molecule has 2 rings (SSSR count). The number of carboxylic acid groups (broad SMARTS) is 1. The summed E-state index contributed by atoms with van der Waals surface area (Å²) in [6, 6.07) is 0.259. The highest BCUT2D eigenvalue weighted by atomic mass is 16.4. The second kappa shape index (κ2) is 3.05. The summed E-state index contributed by atoms with van der Waals surface area (Å²) in [7, 11) is 0. The van der Waals surface area contributed by atoms with E-state index in [0.29, 0.717) is 12.3 Å². The van der Waals surface area contributed by atoms with Crippen LogP contribution in [0, 0.1) is 11.8 Å². The first-order valence-electron chi connectivity index (χ1n) is 4.72. The van der Waals surface area contributed by atoms with Gasteiger partial charge in [-0.25, -0.2) is 0 Å². The molecule has 3 nitrogen and oxygen atoms in total. The fourth-order valence-corrected chi connectivity index (χ4v) is 2.71. The zero-order valence-corrected chi connectivity index (χ0v) is 7.12. The third kappa shape index (κ3) is 1.33. The maximum Gasteiger partial charge on any atom is 0.304 e. The van der Waals surface area contributed by atoms with E-state index in [2.05, 4.69) is 5.32 Å². The van der Waals surface area contributed by atoms with Crippen molar-refractivity contribution in [2.45, 2.75) is 31.7 Å². The van der Waals surface area contributed by atoms with E-state index in [1.54, 1.807) is 0 Å². The van der Waals surface area contributed by atoms with Gasteiger partial charge in [-0.05, 0) is 31.2 Å². The minimum atomic E-state index is -0.667. The Morgan fingerprint density at radius 3 is 3.08 bits per heavy atom. The highest BCUT2D eigenvalue weighted by molar-refractivity contribution is 5.67. The smallest absolute Gasteiger partial charge is 0.304 e. The summed E-state index contributed by atoms with van der Waals surface area (Å²) in [5, 5.41) is 12.0. The van der Waals surface area contributed by atoms with E-state index in [0.717, 1.165) is 12.5 Å². The molecule has 0 radical (unpaired) electrons. The van der Waals surface area contributed by atoms with Crippen LogP contribution in [0.1, 0.15) is 25.7 Å². The van der Waals surface area contributed by atoms with E-state index < -0.39 is 5.97 Å². The van der Waals surface area contributed by atoms with Gasteiger partial charge in [-0.1, -0.05) is 6.42 Å². The van der Waals surface area contributed by atoms with Crippen molar-refractivity contribution in [1.29, 1.82) is 0 Å². The van der Waals surface area contributed by atoms with E-state index in [9.17, 15) is 4.79 Å². The van der Waals surface area contributed by atoms with Crippen LogP contribution >= 0.6 is 0 Å². The topological polar surface area (TPSA) is 49.3 Å². The lowest BCUT2D eigenvalue weighted by Gasteiger charge is -2.15. The van der Waals surface area contributed by atoms with E-state index in [1.165, 1.54) is 19.3 Å². The van der Waals surface area contributed by atoms with Crippen molar-refractivity contribution in [1.82, 2.24) is 5.32 Å². The van der Waals surface area contributed by atoms with Crippen LogP contribution in [-0.2, 0) is 4.79 Å². The van der Waals surface area contributed by atoms with Crippen molar-refractivity contribution in [2.75, 3.05) is 6.54 Å². The second-order valence-electron chi connectivity index (χ2n) is 3.97. The Balaban J connectivity index is 1.95. The van der Waals surface area contributed by atoms with E-state index >= 15 is 0 Å². The van der Waals surface area contributed by atoms with Gasteiger partial charge in [-0.2, -0.15) is 0 Å². The van der Waals surface area contributed by atoms with Gasteiger partial charge in [0.2, 0.25) is 0 Å². The highest BCUT2D eigenvalue weighted by Gasteiger charge is 2.39. The highest BCUT2D eigenvalue weighted by Crippen LogP contribution is 2.38. The molecule has 3 heteroatoms. The molecule has 0 amide bonds. The molecule has 1 aliphatic heterocycles. The molecule has 1 heterocycles. The lowest BCUT2D eigenvalue weighted by Crippen LogP contribution is -2.29. The maximum atomic E-state index is 10.5. The fraction of sp³-hybridized carbons (Fsp3) is 0.889. The van der Waals surface area contributed by atoms with Crippen molar-refractivity contribution >= 4 is 5.97 Å². The first-order valence-corrected chi connectivity index (χ1v) is 4.72. The molecular weight excluding hydrogens is 154 g/mol. The third-order valence-corrected chi connectivity index (χ3v) is 3.27. The predicted molar refractivity (Wildman–Crippen MR) is 44.9 cm³/mol. The Labute approximate surface area is 72.2 Å². The Kier molecular flexibility index (Phi) is 2.05. The minimum absolute atomic E-state index is 0.259. The zero-order chi connectivity index (χ0) is 8.55. The summed E-state index contributed by atoms with van der Waals surface area (Å²) < 4.78 is 0. The van der Waals surface area contributed by atoms with Crippen LogP contribution in [0.2, 0.25) is 0 Å². The number of carbonyl (C=O) groups is 1. The molecule has 68 valence electrons. The summed E-state index contributed by atoms with van der Waals surface area (Å²) in [5.41, 5.74) is 0. The van der Waals surface area contributed by atoms with Gasteiger partial charge >= 0.3 is 5.97 Å². The number of hydrogen-bond donors (Lipinski definition) is 2. The van der Waals surface area contributed by atoms with Gasteiger partial charge in [0.1, 0.15) is 0 Å². The molecule has 2 fully saturated rings. The lowest BCUT2D eigenvalue weighted by molar-refractivity contribution is -0.137. The molecule has 12 heavy (non-hydrogen) atoms. The van der Waals surface area contributed by atoms with Gasteiger partial charge in [0.25, 0.3) is 0 Å². The first kappa shape index (κ1) is 8.05. The normalized spacial score (nSPS) is 39.8. The van der Waals surface area contributed by atoms with E-state index in [4.69, 9.17) is 5.11 Å². The van der Waals surface area contributed by atoms with Crippen molar-refractivity contribution in [2.24, 2.45) is 11.8 Å². The molecule has 1 saturated heterocycles. The van der Waals surface area contributed by atoms with Crippen LogP contribution in [0.5, 0.6) is 0 Å². The number of fused-ring (bicyclic) bond motifs is 1. The van der Waals surface area contributed by atoms with Crippen LogP contribution in [0.3, 0.4) is 0 Å². The Morgan fingerprint density at radius 2 is 2.33 bits per heavy atom. The molecule has 0 aromatic carbocycles. The van der Waals surface area contributed by atoms with Crippen LogP contribution in [0.4, 0.5) is 0 Å². The molecule has 0 spiro atoms. The number of rotatable bonds is 2. The molecule has 1 saturated carbocycles. The average molecular weight is 169 g/mol. The number of hydrogen-bond acceptors (Lipinski definition) is 2. The minimum Gasteiger partial charge on any atom is -0.481 e. The molecule has 0 aromatic heterocycles. The quantitative estimate of drug-likeness (QED) is 0.644. The van der Waals surface area contributed by atoms with Gasteiger partial charge in [0.05, 0.1) is 6.42 Å². The summed E-state index contributed by atoms with van der Waals surface area (Å²) in [6.45, 7) is 1.04. The van der Waals surface area contributed by atoms with Gasteiger partial charge in [0, 0.05) is 6.04 Å². The van der Waals surface area contributed by atoms with Gasteiger partial charge in [-0.3, -0.25) is 4.79 Å². The van der Waals surface area contributed by atoms with Crippen LogP contribution in [-0.4, -0.2) is 23.7 Å². The zero-order valence-electron chi connectivity index (χ0n) is 7.12. The molecule has 2 N–H and O–H groups in total. The van der Waals surface area contributed by atoms with Crippen LogP contribution < -0.4 is 5.32 Å². The second-order valence-corrected chi connectivity index (χ2v) is 3.97. The monoisotopic (exact) mass is 169 g/mol. The van der Waals surface area contributed by atoms with Crippen molar-refractivity contribution in [3.8, 4) is 0 Å². The fourth-order valence-electron chi connectivity index (χ4n) is 2.71. The Morgan fingerprint density at radius 1 is 1.50 bits per heavy atom. The number of carboxylic acids is 1. The van der Waals surface area contributed by atoms with Gasteiger partial charge in [-0.15, -0.1) is 0 Å². The van der Waals surface area contributed by atoms with Gasteiger partial charge < -0.3 is 10.4 Å². The maximum absolute atomic E-state index is 10.5. The summed E-state index contributed by atoms with van der Waals surface area (Å²) in [4.78, 5) is 10.5. The molecule has 0 aromatic rings. The molecule has 3 atom stereocenters. The molecule has 2 aliphatic rings. The van der Waals surface area contributed by atoms with Gasteiger partial charge in [0.15, 0.2) is 0 Å². The molecule has 0 bridgehead atoms. The SMILES string of the molecule is O=C(O)C[C@@H]1NC[C@@H]2CCC[C@@H]21. The molecule has 0 unspecified atom stereocenters. The van der Waals surface area contributed by atoms with Crippen molar-refractivity contribution in [3.05, 3.63) is 0 Å². The van der Waals surface area contributed by atoms with Crippen molar-refractivity contribution < 1.29 is 9.90 Å². The number of aliphatic carboxylic acids is 1. The molecule has 1 aliphatic carbocycles. The van der Waals surface area contributed by atoms with Crippen LogP contribution in [0.25, 0.3) is 0 Å². The van der Waals surface area contributed by atoms with E-state index in [1.807, 2.05) is 0 Å². The average Bonchev–Trinajstić information content (AvgIpc) is 2.52. The number of nitrogens with one attached hydrogen (secondary N) is 1. The van der Waals surface area contributed by atoms with Crippen molar-refractivity contribution in [3.63, 3.8) is 0 Å². The standard InChI is InChI=1S/C9H15NO2/c11-9(12)4-8-7-3-1-2-6(7)5-10-8/h6-8,10H,1-5H2,(H,11,12)/t6-,7-,8-/m0/s1.